The summed E-state index contributed by atoms with van der Waals surface area (Å²) in [4.78, 5) is 13.4. The number of hydrogen-bond donors (Lipinski definition) is 1. The number of aromatic nitrogens is 3. The summed E-state index contributed by atoms with van der Waals surface area (Å²) >= 11 is 1.37. The second-order valence-corrected chi connectivity index (χ2v) is 5.68. The number of rotatable bonds is 5. The molecule has 0 aliphatic heterocycles. The molecule has 1 amide bonds. The second-order valence-electron chi connectivity index (χ2n) is 4.74. The maximum absolute atomic E-state index is 11.4. The second kappa shape index (κ2) is 6.62. The van der Waals surface area contributed by atoms with E-state index in [1.54, 1.807) is 7.05 Å². The summed E-state index contributed by atoms with van der Waals surface area (Å²) in [7, 11) is 5.63. The van der Waals surface area contributed by atoms with E-state index in [-0.39, 0.29) is 5.91 Å². The fraction of sp³-hybridized carbons (Fsp3) is 0.357. The van der Waals surface area contributed by atoms with Gasteiger partial charge in [-0.25, -0.2) is 0 Å². The van der Waals surface area contributed by atoms with Gasteiger partial charge in [-0.15, -0.1) is 10.2 Å². The van der Waals surface area contributed by atoms with Crippen molar-refractivity contribution in [3.05, 3.63) is 30.1 Å². The van der Waals surface area contributed by atoms with Crippen molar-refractivity contribution in [3.8, 4) is 5.69 Å². The molecule has 6 nitrogen and oxygen atoms in total. The lowest BCUT2D eigenvalue weighted by atomic mass is 10.2. The Morgan fingerprint density at radius 2 is 1.95 bits per heavy atom. The lowest BCUT2D eigenvalue weighted by Gasteiger charge is -2.14. The summed E-state index contributed by atoms with van der Waals surface area (Å²) in [5.41, 5.74) is 2.12. The fourth-order valence-electron chi connectivity index (χ4n) is 1.84. The number of carbonyl (C=O) groups excluding carboxylic acids is 1. The maximum atomic E-state index is 11.4. The Kier molecular flexibility index (Phi) is 4.85. The average Bonchev–Trinajstić information content (AvgIpc) is 2.85. The van der Waals surface area contributed by atoms with Gasteiger partial charge < -0.3 is 10.2 Å². The maximum Gasteiger partial charge on any atom is 0.230 e. The number of nitrogens with one attached hydrogen (secondary N) is 1. The molecule has 0 radical (unpaired) electrons. The van der Waals surface area contributed by atoms with Crippen LogP contribution in [-0.2, 0) is 4.79 Å². The van der Waals surface area contributed by atoms with Crippen LogP contribution in [0.25, 0.3) is 5.69 Å². The van der Waals surface area contributed by atoms with Crippen LogP contribution in [0.2, 0.25) is 0 Å². The van der Waals surface area contributed by atoms with Crippen LogP contribution in [0.5, 0.6) is 0 Å². The van der Waals surface area contributed by atoms with Gasteiger partial charge in [0.1, 0.15) is 5.82 Å². The van der Waals surface area contributed by atoms with Crippen LogP contribution >= 0.6 is 11.8 Å². The van der Waals surface area contributed by atoms with Crippen molar-refractivity contribution in [1.82, 2.24) is 20.1 Å². The molecular weight excluding hydrogens is 286 g/mol. The Morgan fingerprint density at radius 1 is 1.29 bits per heavy atom. The molecule has 7 heteroatoms. The van der Waals surface area contributed by atoms with Crippen LogP contribution in [0.4, 0.5) is 5.69 Å². The quantitative estimate of drug-likeness (QED) is 0.848. The Hall–Kier alpha value is -2.02. The van der Waals surface area contributed by atoms with Crippen molar-refractivity contribution in [3.63, 3.8) is 0 Å². The first-order valence-electron chi connectivity index (χ1n) is 6.56. The predicted molar refractivity (Wildman–Crippen MR) is 85.2 cm³/mol. The molecule has 0 saturated heterocycles. The highest BCUT2D eigenvalue weighted by atomic mass is 32.2. The number of anilines is 1. The summed E-state index contributed by atoms with van der Waals surface area (Å²) < 4.78 is 1.95. The van der Waals surface area contributed by atoms with E-state index in [9.17, 15) is 4.79 Å². The van der Waals surface area contributed by atoms with E-state index >= 15 is 0 Å². The zero-order valence-corrected chi connectivity index (χ0v) is 13.4. The van der Waals surface area contributed by atoms with Gasteiger partial charge in [0.2, 0.25) is 5.91 Å². The number of aryl methyl sites for hydroxylation is 1. The van der Waals surface area contributed by atoms with Crippen LogP contribution in [0.15, 0.2) is 29.4 Å². The van der Waals surface area contributed by atoms with Crippen LogP contribution in [0, 0.1) is 6.92 Å². The van der Waals surface area contributed by atoms with E-state index in [1.807, 2.05) is 54.8 Å². The van der Waals surface area contributed by atoms with E-state index in [2.05, 4.69) is 15.5 Å². The Bertz CT molecular complexity index is 621. The number of amides is 1. The summed E-state index contributed by atoms with van der Waals surface area (Å²) in [5, 5.41) is 11.6. The summed E-state index contributed by atoms with van der Waals surface area (Å²) in [5.74, 6) is 1.09. The fourth-order valence-corrected chi connectivity index (χ4v) is 2.71. The van der Waals surface area contributed by atoms with Gasteiger partial charge >= 0.3 is 0 Å². The lowest BCUT2D eigenvalue weighted by molar-refractivity contribution is -0.118. The van der Waals surface area contributed by atoms with Crippen LogP contribution in [-0.4, -0.2) is 47.6 Å². The molecule has 0 aliphatic rings. The van der Waals surface area contributed by atoms with Crippen molar-refractivity contribution in [2.24, 2.45) is 0 Å². The SMILES string of the molecule is CNC(=O)CSc1nnc(C)n1-c1ccc(N(C)C)cc1. The number of thioether (sulfide) groups is 1. The van der Waals surface area contributed by atoms with Gasteiger partial charge in [0, 0.05) is 32.5 Å². The first-order valence-corrected chi connectivity index (χ1v) is 7.54. The smallest absolute Gasteiger partial charge is 0.230 e. The van der Waals surface area contributed by atoms with E-state index in [0.717, 1.165) is 17.2 Å². The summed E-state index contributed by atoms with van der Waals surface area (Å²) in [6.07, 6.45) is 0. The van der Waals surface area contributed by atoms with Crippen molar-refractivity contribution in [2.45, 2.75) is 12.1 Å². The van der Waals surface area contributed by atoms with E-state index in [4.69, 9.17) is 0 Å². The minimum Gasteiger partial charge on any atom is -0.378 e. The molecule has 0 aliphatic carbocycles. The van der Waals surface area contributed by atoms with Gasteiger partial charge in [-0.05, 0) is 31.2 Å². The molecule has 2 rings (SSSR count). The normalized spacial score (nSPS) is 10.5. The highest BCUT2D eigenvalue weighted by molar-refractivity contribution is 7.99. The van der Waals surface area contributed by atoms with Crippen LogP contribution in [0.1, 0.15) is 5.82 Å². The molecule has 0 bridgehead atoms. The molecule has 112 valence electrons. The van der Waals surface area contributed by atoms with Crippen molar-refractivity contribution >= 4 is 23.4 Å². The zero-order chi connectivity index (χ0) is 15.4. The molecule has 0 atom stereocenters. The van der Waals surface area contributed by atoms with Crippen molar-refractivity contribution in [2.75, 3.05) is 31.8 Å². The van der Waals surface area contributed by atoms with Crippen LogP contribution < -0.4 is 10.2 Å². The first kappa shape index (κ1) is 15.4. The molecule has 0 fully saturated rings. The van der Waals surface area contributed by atoms with Crippen molar-refractivity contribution < 1.29 is 4.79 Å². The highest BCUT2D eigenvalue weighted by Crippen LogP contribution is 2.23. The van der Waals surface area contributed by atoms with Gasteiger partial charge in [-0.3, -0.25) is 9.36 Å². The third kappa shape index (κ3) is 3.55. The molecule has 0 spiro atoms. The molecule has 2 aromatic rings. The number of hydrogen-bond acceptors (Lipinski definition) is 5. The molecule has 0 unspecified atom stereocenters. The molecular formula is C14H19N5OS. The standard InChI is InChI=1S/C14H19N5OS/c1-10-16-17-14(21-9-13(20)15-2)19(10)12-7-5-11(6-8-12)18(3)4/h5-8H,9H2,1-4H3,(H,15,20). The van der Waals surface area contributed by atoms with Gasteiger partial charge in [0.05, 0.1) is 5.75 Å². The monoisotopic (exact) mass is 305 g/mol. The first-order chi connectivity index (χ1) is 10.0. The third-order valence-electron chi connectivity index (χ3n) is 3.03. The van der Waals surface area contributed by atoms with Crippen molar-refractivity contribution in [1.29, 1.82) is 0 Å². The zero-order valence-electron chi connectivity index (χ0n) is 12.6. The Balaban J connectivity index is 2.26. The molecule has 1 heterocycles. The van der Waals surface area contributed by atoms with E-state index in [0.29, 0.717) is 10.9 Å². The highest BCUT2D eigenvalue weighted by Gasteiger charge is 2.13. The predicted octanol–water partition coefficient (Wildman–Crippen LogP) is 1.48. The number of benzene rings is 1. The molecule has 1 aromatic heterocycles. The third-order valence-corrected chi connectivity index (χ3v) is 3.96. The summed E-state index contributed by atoms with van der Waals surface area (Å²) in [6.45, 7) is 1.90. The molecule has 0 saturated carbocycles. The van der Waals surface area contributed by atoms with E-state index < -0.39 is 0 Å². The van der Waals surface area contributed by atoms with Gasteiger partial charge in [-0.2, -0.15) is 0 Å². The molecule has 1 aromatic carbocycles. The van der Waals surface area contributed by atoms with Gasteiger partial charge in [0.15, 0.2) is 5.16 Å². The number of nitrogens with zero attached hydrogens (tertiary/aromatic N) is 4. The Labute approximate surface area is 128 Å². The molecule has 1 N–H and O–H groups in total. The van der Waals surface area contributed by atoms with E-state index in [1.165, 1.54) is 11.8 Å². The Morgan fingerprint density at radius 3 is 2.52 bits per heavy atom. The summed E-state index contributed by atoms with van der Waals surface area (Å²) in [6, 6.07) is 8.13. The average molecular weight is 305 g/mol. The number of carbonyl (C=O) groups is 1. The van der Waals surface area contributed by atoms with Crippen LogP contribution in [0.3, 0.4) is 0 Å². The largest absolute Gasteiger partial charge is 0.378 e. The minimum absolute atomic E-state index is 0.0323. The van der Waals surface area contributed by atoms with Gasteiger partial charge in [-0.1, -0.05) is 11.8 Å². The molecule has 21 heavy (non-hydrogen) atoms. The van der Waals surface area contributed by atoms with Gasteiger partial charge in [0.25, 0.3) is 0 Å². The minimum atomic E-state index is -0.0323. The lowest BCUT2D eigenvalue weighted by Crippen LogP contribution is -2.20. The topological polar surface area (TPSA) is 63.1 Å².